The van der Waals surface area contributed by atoms with Crippen molar-refractivity contribution in [2.75, 3.05) is 6.54 Å². The molecule has 0 N–H and O–H groups in total. The third-order valence-corrected chi connectivity index (χ3v) is 2.49. The third kappa shape index (κ3) is 2.81. The SMILES string of the molecule is Bc1nc2c(o1)CN(C(=O)OC(C)(C)C)CC2. The lowest BCUT2D eigenvalue weighted by molar-refractivity contribution is 0.0209. The van der Waals surface area contributed by atoms with Crippen molar-refractivity contribution in [2.45, 2.75) is 39.3 Å². The van der Waals surface area contributed by atoms with Crippen LogP contribution in [0.2, 0.25) is 0 Å². The minimum absolute atomic E-state index is 0.294. The highest BCUT2D eigenvalue weighted by Gasteiger charge is 2.28. The quantitative estimate of drug-likeness (QED) is 0.605. The van der Waals surface area contributed by atoms with Gasteiger partial charge in [0, 0.05) is 13.0 Å². The average Bonchev–Trinajstić information content (AvgIpc) is 2.53. The smallest absolute Gasteiger partial charge is 0.410 e. The van der Waals surface area contributed by atoms with Gasteiger partial charge in [0.25, 0.3) is 0 Å². The van der Waals surface area contributed by atoms with Crippen molar-refractivity contribution in [3.05, 3.63) is 11.5 Å². The van der Waals surface area contributed by atoms with Gasteiger partial charge in [0.2, 0.25) is 7.85 Å². The topological polar surface area (TPSA) is 55.6 Å². The standard InChI is InChI=1S/C11H17BN2O3/c1-11(2,3)17-10(15)14-5-4-7-8(6-14)16-9(12)13-7/h4-6,12H2,1-3H3. The van der Waals surface area contributed by atoms with E-state index in [0.29, 0.717) is 18.9 Å². The maximum atomic E-state index is 11.9. The van der Waals surface area contributed by atoms with Gasteiger partial charge in [-0.05, 0) is 20.8 Å². The van der Waals surface area contributed by atoms with E-state index >= 15 is 0 Å². The summed E-state index contributed by atoms with van der Waals surface area (Å²) < 4.78 is 10.8. The number of oxazole rings is 1. The summed E-state index contributed by atoms with van der Waals surface area (Å²) in [6.07, 6.45) is 0.434. The molecule has 1 aliphatic heterocycles. The monoisotopic (exact) mass is 236 g/mol. The van der Waals surface area contributed by atoms with Crippen LogP contribution >= 0.6 is 0 Å². The van der Waals surface area contributed by atoms with Crippen LogP contribution in [0.15, 0.2) is 4.42 Å². The Bertz CT molecular complexity index is 436. The predicted molar refractivity (Wildman–Crippen MR) is 65.0 cm³/mol. The molecule has 1 aromatic rings. The van der Waals surface area contributed by atoms with Crippen molar-refractivity contribution in [3.8, 4) is 0 Å². The molecule has 5 nitrogen and oxygen atoms in total. The second-order valence-electron chi connectivity index (χ2n) is 5.25. The number of rotatable bonds is 0. The number of hydrogen-bond acceptors (Lipinski definition) is 4. The van der Waals surface area contributed by atoms with Crippen LogP contribution in [0.4, 0.5) is 4.79 Å². The van der Waals surface area contributed by atoms with E-state index < -0.39 is 5.60 Å². The first-order valence-corrected chi connectivity index (χ1v) is 5.78. The van der Waals surface area contributed by atoms with Gasteiger partial charge < -0.3 is 14.1 Å². The molecule has 1 aliphatic rings. The van der Waals surface area contributed by atoms with Crippen LogP contribution in [0, 0.1) is 0 Å². The first-order chi connectivity index (χ1) is 7.85. The zero-order valence-corrected chi connectivity index (χ0v) is 10.7. The summed E-state index contributed by atoms with van der Waals surface area (Å²) in [6, 6.07) is 0. The maximum Gasteiger partial charge on any atom is 0.410 e. The Morgan fingerprint density at radius 3 is 2.88 bits per heavy atom. The summed E-state index contributed by atoms with van der Waals surface area (Å²) in [7, 11) is 1.82. The van der Waals surface area contributed by atoms with Crippen molar-refractivity contribution in [1.29, 1.82) is 0 Å². The molecule has 0 aromatic carbocycles. The summed E-state index contributed by atoms with van der Waals surface area (Å²) >= 11 is 0. The Hall–Kier alpha value is -1.46. The summed E-state index contributed by atoms with van der Waals surface area (Å²) in [6.45, 7) is 6.66. The van der Waals surface area contributed by atoms with Gasteiger partial charge in [-0.3, -0.25) is 0 Å². The molecule has 6 heteroatoms. The minimum Gasteiger partial charge on any atom is -0.455 e. The summed E-state index contributed by atoms with van der Waals surface area (Å²) in [4.78, 5) is 17.8. The Kier molecular flexibility index (Phi) is 2.89. The van der Waals surface area contributed by atoms with E-state index in [0.717, 1.165) is 17.9 Å². The first-order valence-electron chi connectivity index (χ1n) is 5.78. The Labute approximate surface area is 102 Å². The Balaban J connectivity index is 2.05. The summed E-state index contributed by atoms with van der Waals surface area (Å²) in [5.41, 5.74) is 0.497. The van der Waals surface area contributed by atoms with Crippen LogP contribution in [0.25, 0.3) is 0 Å². The van der Waals surface area contributed by atoms with Crippen molar-refractivity contribution in [2.24, 2.45) is 0 Å². The maximum absolute atomic E-state index is 11.9. The number of carbonyl (C=O) groups excluding carboxylic acids is 1. The molecule has 0 bridgehead atoms. The molecule has 2 rings (SSSR count). The molecule has 0 unspecified atom stereocenters. The second kappa shape index (κ2) is 4.09. The lowest BCUT2D eigenvalue weighted by atomic mass is 10.1. The van der Waals surface area contributed by atoms with E-state index in [1.165, 1.54) is 0 Å². The number of aromatic nitrogens is 1. The van der Waals surface area contributed by atoms with Crippen LogP contribution in [0.1, 0.15) is 32.2 Å². The van der Waals surface area contributed by atoms with Gasteiger partial charge in [-0.2, -0.15) is 0 Å². The van der Waals surface area contributed by atoms with Crippen LogP contribution < -0.4 is 5.79 Å². The van der Waals surface area contributed by atoms with Crippen LogP contribution in [0.5, 0.6) is 0 Å². The Morgan fingerprint density at radius 1 is 1.53 bits per heavy atom. The average molecular weight is 236 g/mol. The van der Waals surface area contributed by atoms with E-state index in [2.05, 4.69) is 4.98 Å². The fourth-order valence-electron chi connectivity index (χ4n) is 1.81. The number of nitrogens with zero attached hydrogens (tertiary/aromatic N) is 2. The van der Waals surface area contributed by atoms with Crippen LogP contribution in [-0.2, 0) is 17.7 Å². The highest BCUT2D eigenvalue weighted by molar-refractivity contribution is 6.28. The molecule has 0 radical (unpaired) electrons. The van der Waals surface area contributed by atoms with Crippen molar-refractivity contribution in [1.82, 2.24) is 9.88 Å². The van der Waals surface area contributed by atoms with Gasteiger partial charge in [-0.15, -0.1) is 0 Å². The van der Waals surface area contributed by atoms with Crippen molar-refractivity contribution < 1.29 is 13.9 Å². The normalized spacial score (nSPS) is 15.6. The summed E-state index contributed by atoms with van der Waals surface area (Å²) in [5, 5.41) is 0. The van der Waals surface area contributed by atoms with Gasteiger partial charge in [-0.25, -0.2) is 9.78 Å². The van der Waals surface area contributed by atoms with Crippen molar-refractivity contribution in [3.63, 3.8) is 0 Å². The molecule has 0 atom stereocenters. The van der Waals surface area contributed by atoms with Crippen molar-refractivity contribution >= 4 is 19.7 Å². The van der Waals surface area contributed by atoms with E-state index in [1.807, 2.05) is 28.6 Å². The highest BCUT2D eigenvalue weighted by Crippen LogP contribution is 2.19. The molecule has 1 aromatic heterocycles. The third-order valence-electron chi connectivity index (χ3n) is 2.49. The number of fused-ring (bicyclic) bond motifs is 1. The Morgan fingerprint density at radius 2 is 2.24 bits per heavy atom. The lowest BCUT2D eigenvalue weighted by Gasteiger charge is -2.28. The zero-order valence-electron chi connectivity index (χ0n) is 10.7. The van der Waals surface area contributed by atoms with Gasteiger partial charge in [0.15, 0.2) is 0 Å². The molecule has 1 amide bonds. The van der Waals surface area contributed by atoms with E-state index in [9.17, 15) is 4.79 Å². The molecular weight excluding hydrogens is 219 g/mol. The largest absolute Gasteiger partial charge is 0.455 e. The fourth-order valence-corrected chi connectivity index (χ4v) is 1.81. The van der Waals surface area contributed by atoms with Gasteiger partial charge in [0.1, 0.15) is 17.2 Å². The fraction of sp³-hybridized carbons (Fsp3) is 0.636. The number of ether oxygens (including phenoxy) is 1. The zero-order chi connectivity index (χ0) is 12.6. The molecule has 0 saturated carbocycles. The van der Waals surface area contributed by atoms with E-state index in [1.54, 1.807) is 4.90 Å². The number of carbonyl (C=O) groups is 1. The molecule has 0 fully saturated rings. The van der Waals surface area contributed by atoms with E-state index in [-0.39, 0.29) is 6.09 Å². The van der Waals surface area contributed by atoms with Gasteiger partial charge in [0.05, 0.1) is 12.2 Å². The van der Waals surface area contributed by atoms with E-state index in [4.69, 9.17) is 9.15 Å². The number of amides is 1. The summed E-state index contributed by atoms with van der Waals surface area (Å²) in [5.74, 6) is 1.43. The number of hydrogen-bond donors (Lipinski definition) is 0. The highest BCUT2D eigenvalue weighted by atomic mass is 16.6. The molecule has 92 valence electrons. The van der Waals surface area contributed by atoms with Gasteiger partial charge in [-0.1, -0.05) is 0 Å². The molecule has 0 saturated heterocycles. The second-order valence-corrected chi connectivity index (χ2v) is 5.25. The molecule has 0 spiro atoms. The molecular formula is C11H17BN2O3. The predicted octanol–water partition coefficient (Wildman–Crippen LogP) is 0.226. The molecule has 0 aliphatic carbocycles. The lowest BCUT2D eigenvalue weighted by Crippen LogP contribution is -2.39. The first kappa shape index (κ1) is 12.0. The van der Waals surface area contributed by atoms with Crippen LogP contribution in [-0.4, -0.2) is 36.0 Å². The van der Waals surface area contributed by atoms with Gasteiger partial charge >= 0.3 is 6.09 Å². The minimum atomic E-state index is -0.464. The van der Waals surface area contributed by atoms with Crippen LogP contribution in [0.3, 0.4) is 0 Å². The molecule has 2 heterocycles. The molecule has 17 heavy (non-hydrogen) atoms.